The van der Waals surface area contributed by atoms with Crippen molar-refractivity contribution in [1.29, 1.82) is 0 Å². The lowest BCUT2D eigenvalue weighted by Gasteiger charge is -2.41. The largest absolute Gasteiger partial charge is 0.461 e. The highest BCUT2D eigenvalue weighted by Gasteiger charge is 2.46. The second-order valence-electron chi connectivity index (χ2n) is 5.11. The summed E-state index contributed by atoms with van der Waals surface area (Å²) in [6, 6.07) is 7.84. The molecule has 0 bridgehead atoms. The number of rotatable bonds is 5. The molecule has 1 aromatic carbocycles. The summed E-state index contributed by atoms with van der Waals surface area (Å²) in [5.41, 5.74) is 17.1. The standard InChI is InChI=1S/C14H16N6O3S/c1-8-11(17-19-15)13(23-9(2)21)12(18-20-16)14(22-8)24-10-6-4-3-5-7-10/h3-8,11-14H,1-2H3/t8-,11-,12-,13+,14+/m1/s1. The van der Waals surface area contributed by atoms with E-state index in [0.717, 1.165) is 4.90 Å². The van der Waals surface area contributed by atoms with Gasteiger partial charge in [0.2, 0.25) is 0 Å². The smallest absolute Gasteiger partial charge is 0.302 e. The molecule has 1 aromatic rings. The zero-order valence-corrected chi connectivity index (χ0v) is 13.9. The van der Waals surface area contributed by atoms with Gasteiger partial charge in [0, 0.05) is 21.6 Å². The third-order valence-electron chi connectivity index (χ3n) is 3.45. The molecule has 126 valence electrons. The maximum absolute atomic E-state index is 11.4. The Balaban J connectivity index is 2.34. The van der Waals surface area contributed by atoms with Gasteiger partial charge in [-0.3, -0.25) is 4.79 Å². The van der Waals surface area contributed by atoms with Gasteiger partial charge in [0.25, 0.3) is 0 Å². The number of ether oxygens (including phenoxy) is 2. The van der Waals surface area contributed by atoms with Crippen LogP contribution in [0.3, 0.4) is 0 Å². The maximum Gasteiger partial charge on any atom is 0.302 e. The van der Waals surface area contributed by atoms with E-state index in [0.29, 0.717) is 0 Å². The quantitative estimate of drug-likeness (QED) is 0.346. The molecule has 0 spiro atoms. The Morgan fingerprint density at radius 2 is 1.83 bits per heavy atom. The van der Waals surface area contributed by atoms with E-state index in [1.54, 1.807) is 6.92 Å². The number of nitrogens with zero attached hydrogens (tertiary/aromatic N) is 6. The van der Waals surface area contributed by atoms with Crippen molar-refractivity contribution in [3.63, 3.8) is 0 Å². The zero-order chi connectivity index (χ0) is 17.5. The summed E-state index contributed by atoms with van der Waals surface area (Å²) < 4.78 is 11.2. The first-order chi connectivity index (χ1) is 11.6. The molecule has 9 nitrogen and oxygen atoms in total. The molecule has 0 unspecified atom stereocenters. The van der Waals surface area contributed by atoms with E-state index in [4.69, 9.17) is 20.5 Å². The van der Waals surface area contributed by atoms with Gasteiger partial charge in [-0.25, -0.2) is 0 Å². The highest BCUT2D eigenvalue weighted by Crippen LogP contribution is 2.37. The molecule has 2 rings (SSSR count). The lowest BCUT2D eigenvalue weighted by molar-refractivity contribution is -0.159. The number of azide groups is 2. The summed E-state index contributed by atoms with van der Waals surface area (Å²) in [5.74, 6) is -0.547. The SMILES string of the molecule is CC(=O)O[C@@H]1[C@@H](N=[N+]=[N-])[C@H](Sc2ccccc2)O[C@H](C)[C@H]1N=[N+]=[N-]. The van der Waals surface area contributed by atoms with Gasteiger partial charge in [-0.15, -0.1) is 0 Å². The van der Waals surface area contributed by atoms with E-state index < -0.39 is 35.7 Å². The molecule has 0 amide bonds. The minimum absolute atomic E-state index is 0.503. The molecule has 10 heteroatoms. The van der Waals surface area contributed by atoms with Crippen LogP contribution in [-0.2, 0) is 14.3 Å². The van der Waals surface area contributed by atoms with E-state index in [1.807, 2.05) is 30.3 Å². The number of benzene rings is 1. The van der Waals surface area contributed by atoms with E-state index in [2.05, 4.69) is 20.1 Å². The summed E-state index contributed by atoms with van der Waals surface area (Å²) in [7, 11) is 0. The number of thioether (sulfide) groups is 1. The maximum atomic E-state index is 11.4. The molecular weight excluding hydrogens is 332 g/mol. The zero-order valence-electron chi connectivity index (χ0n) is 13.1. The minimum Gasteiger partial charge on any atom is -0.461 e. The third-order valence-corrected chi connectivity index (χ3v) is 4.62. The van der Waals surface area contributed by atoms with Crippen LogP contribution in [-0.4, -0.2) is 35.7 Å². The minimum atomic E-state index is -0.890. The Bertz CT molecular complexity index is 674. The van der Waals surface area contributed by atoms with Crippen molar-refractivity contribution in [2.45, 2.75) is 48.5 Å². The van der Waals surface area contributed by atoms with Gasteiger partial charge in [-0.1, -0.05) is 40.2 Å². The molecule has 0 saturated carbocycles. The summed E-state index contributed by atoms with van der Waals surface area (Å²) in [4.78, 5) is 18.0. The molecule has 0 N–H and O–H groups in total. The van der Waals surface area contributed by atoms with Gasteiger partial charge in [0.15, 0.2) is 0 Å². The molecule has 1 heterocycles. The van der Waals surface area contributed by atoms with Gasteiger partial charge < -0.3 is 9.47 Å². The van der Waals surface area contributed by atoms with Crippen molar-refractivity contribution in [3.8, 4) is 0 Å². The fraction of sp³-hybridized carbons (Fsp3) is 0.500. The van der Waals surface area contributed by atoms with Crippen molar-refractivity contribution in [2.24, 2.45) is 10.2 Å². The van der Waals surface area contributed by atoms with Crippen molar-refractivity contribution in [1.82, 2.24) is 0 Å². The molecule has 0 aromatic heterocycles. The lowest BCUT2D eigenvalue weighted by atomic mass is 9.97. The molecular formula is C14H16N6O3S. The van der Waals surface area contributed by atoms with Crippen LogP contribution >= 0.6 is 11.8 Å². The molecule has 24 heavy (non-hydrogen) atoms. The molecule has 1 fully saturated rings. The van der Waals surface area contributed by atoms with Gasteiger partial charge in [-0.05, 0) is 30.1 Å². The predicted octanol–water partition coefficient (Wildman–Crippen LogP) is 3.81. The Morgan fingerprint density at radius 3 is 2.42 bits per heavy atom. The number of carbonyl (C=O) groups excluding carboxylic acids is 1. The summed E-state index contributed by atoms with van der Waals surface area (Å²) in [6.45, 7) is 2.97. The fourth-order valence-corrected chi connectivity index (χ4v) is 3.62. The van der Waals surface area contributed by atoms with Crippen molar-refractivity contribution in [3.05, 3.63) is 51.2 Å². The van der Waals surface area contributed by atoms with Crippen LogP contribution in [0.15, 0.2) is 45.5 Å². The van der Waals surface area contributed by atoms with Crippen molar-refractivity contribution >= 4 is 17.7 Å². The third kappa shape index (κ3) is 4.33. The summed E-state index contributed by atoms with van der Waals surface area (Å²) in [6.07, 6.45) is -1.39. The van der Waals surface area contributed by atoms with Crippen LogP contribution in [0.4, 0.5) is 0 Å². The van der Waals surface area contributed by atoms with Crippen LogP contribution < -0.4 is 0 Å². The number of hydrogen-bond acceptors (Lipinski definition) is 6. The van der Waals surface area contributed by atoms with E-state index in [-0.39, 0.29) is 0 Å². The van der Waals surface area contributed by atoms with Crippen LogP contribution in [0.25, 0.3) is 20.9 Å². The second kappa shape index (κ2) is 8.47. The highest BCUT2D eigenvalue weighted by atomic mass is 32.2. The van der Waals surface area contributed by atoms with Gasteiger partial charge in [0.05, 0.1) is 6.10 Å². The van der Waals surface area contributed by atoms with Gasteiger partial charge in [-0.2, -0.15) is 0 Å². The van der Waals surface area contributed by atoms with Crippen LogP contribution in [0.5, 0.6) is 0 Å². The van der Waals surface area contributed by atoms with Gasteiger partial charge in [0.1, 0.15) is 23.6 Å². The highest BCUT2D eigenvalue weighted by molar-refractivity contribution is 7.99. The Kier molecular flexibility index (Phi) is 6.34. The average Bonchev–Trinajstić information content (AvgIpc) is 2.55. The van der Waals surface area contributed by atoms with E-state index >= 15 is 0 Å². The summed E-state index contributed by atoms with van der Waals surface area (Å²) in [5, 5.41) is 7.40. The Hall–Kier alpha value is -2.38. The fourth-order valence-electron chi connectivity index (χ4n) is 2.46. The normalized spacial score (nSPS) is 29.0. The summed E-state index contributed by atoms with van der Waals surface area (Å²) >= 11 is 1.35. The first-order valence-electron chi connectivity index (χ1n) is 7.19. The second-order valence-corrected chi connectivity index (χ2v) is 6.28. The Morgan fingerprint density at radius 1 is 1.21 bits per heavy atom. The van der Waals surface area contributed by atoms with Crippen LogP contribution in [0, 0.1) is 0 Å². The van der Waals surface area contributed by atoms with Gasteiger partial charge >= 0.3 is 5.97 Å². The van der Waals surface area contributed by atoms with E-state index in [1.165, 1.54) is 18.7 Å². The van der Waals surface area contributed by atoms with Crippen molar-refractivity contribution < 1.29 is 14.3 Å². The molecule has 1 saturated heterocycles. The van der Waals surface area contributed by atoms with Crippen LogP contribution in [0.1, 0.15) is 13.8 Å². The van der Waals surface area contributed by atoms with Crippen LogP contribution in [0.2, 0.25) is 0 Å². The first-order valence-corrected chi connectivity index (χ1v) is 8.07. The number of esters is 1. The first kappa shape index (κ1) is 18.0. The molecule has 1 aliphatic heterocycles. The molecule has 1 aliphatic rings. The molecule has 0 aliphatic carbocycles. The Labute approximate surface area is 142 Å². The lowest BCUT2D eigenvalue weighted by Crippen LogP contribution is -2.55. The molecule has 5 atom stereocenters. The average molecular weight is 348 g/mol. The number of carbonyl (C=O) groups is 1. The van der Waals surface area contributed by atoms with E-state index in [9.17, 15) is 4.79 Å². The predicted molar refractivity (Wildman–Crippen MR) is 88.1 cm³/mol. The monoisotopic (exact) mass is 348 g/mol. The number of hydrogen-bond donors (Lipinski definition) is 0. The molecule has 0 radical (unpaired) electrons. The topological polar surface area (TPSA) is 133 Å². The van der Waals surface area contributed by atoms with Crippen molar-refractivity contribution in [2.75, 3.05) is 0 Å².